The Bertz CT molecular complexity index is 620. The molecule has 0 aliphatic rings. The van der Waals surface area contributed by atoms with Gasteiger partial charge in [-0.05, 0) is 36.5 Å². The van der Waals surface area contributed by atoms with Crippen molar-refractivity contribution in [1.29, 1.82) is 0 Å². The van der Waals surface area contributed by atoms with Gasteiger partial charge in [0.25, 0.3) is 0 Å². The molecule has 2 rings (SSSR count). The fourth-order valence-electron chi connectivity index (χ4n) is 2.55. The van der Waals surface area contributed by atoms with Gasteiger partial charge in [0, 0.05) is 17.5 Å². The second-order valence-corrected chi connectivity index (χ2v) is 5.22. The van der Waals surface area contributed by atoms with E-state index in [0.717, 1.165) is 24.1 Å². The zero-order valence-corrected chi connectivity index (χ0v) is 13.1. The van der Waals surface area contributed by atoms with Crippen molar-refractivity contribution < 1.29 is 0 Å². The Labute approximate surface area is 127 Å². The Morgan fingerprint density at radius 2 is 1.62 bits per heavy atom. The van der Waals surface area contributed by atoms with Crippen molar-refractivity contribution in [3.63, 3.8) is 0 Å². The summed E-state index contributed by atoms with van der Waals surface area (Å²) in [5.74, 6) is 0. The van der Waals surface area contributed by atoms with Gasteiger partial charge < -0.3 is 11.1 Å². The fourth-order valence-corrected chi connectivity index (χ4v) is 2.55. The summed E-state index contributed by atoms with van der Waals surface area (Å²) in [4.78, 5) is 0. The molecular formula is C19H24N2. The van der Waals surface area contributed by atoms with E-state index in [1.165, 1.54) is 22.4 Å². The number of anilines is 1. The average Bonchev–Trinajstić information content (AvgIpc) is 2.52. The lowest BCUT2D eigenvalue weighted by atomic mass is 10.0. The van der Waals surface area contributed by atoms with Crippen molar-refractivity contribution in [2.24, 2.45) is 5.73 Å². The van der Waals surface area contributed by atoms with Crippen LogP contribution in [0.3, 0.4) is 0 Å². The van der Waals surface area contributed by atoms with E-state index in [4.69, 9.17) is 5.73 Å². The maximum atomic E-state index is 6.23. The van der Waals surface area contributed by atoms with Crippen molar-refractivity contribution in [2.75, 3.05) is 5.32 Å². The second kappa shape index (κ2) is 6.98. The van der Waals surface area contributed by atoms with E-state index < -0.39 is 0 Å². The highest BCUT2D eigenvalue weighted by Gasteiger charge is 2.05. The molecule has 0 bridgehead atoms. The number of aryl methyl sites for hydroxylation is 3. The van der Waals surface area contributed by atoms with Crippen LogP contribution in [0.2, 0.25) is 0 Å². The number of rotatable bonds is 5. The number of hydrogen-bond acceptors (Lipinski definition) is 2. The SMILES string of the molecule is CCc1cccc(CC)c1N/C=C(\N)c1ccccc1C. The first kappa shape index (κ1) is 15.2. The lowest BCUT2D eigenvalue weighted by Gasteiger charge is -2.14. The van der Waals surface area contributed by atoms with Crippen LogP contribution < -0.4 is 11.1 Å². The summed E-state index contributed by atoms with van der Waals surface area (Å²) in [6, 6.07) is 14.6. The predicted molar refractivity (Wildman–Crippen MR) is 92.2 cm³/mol. The summed E-state index contributed by atoms with van der Waals surface area (Å²) < 4.78 is 0. The van der Waals surface area contributed by atoms with Crippen LogP contribution in [0.4, 0.5) is 5.69 Å². The van der Waals surface area contributed by atoms with E-state index in [1.54, 1.807) is 0 Å². The zero-order valence-electron chi connectivity index (χ0n) is 13.1. The third kappa shape index (κ3) is 3.46. The Balaban J connectivity index is 2.31. The molecule has 2 nitrogen and oxygen atoms in total. The average molecular weight is 280 g/mol. The summed E-state index contributed by atoms with van der Waals surface area (Å²) in [5.41, 5.74) is 13.1. The van der Waals surface area contributed by atoms with E-state index in [2.05, 4.69) is 56.4 Å². The van der Waals surface area contributed by atoms with Crippen molar-refractivity contribution in [1.82, 2.24) is 0 Å². The normalized spacial score (nSPS) is 11.5. The van der Waals surface area contributed by atoms with Crippen LogP contribution in [0.1, 0.15) is 36.1 Å². The number of nitrogens with two attached hydrogens (primary N) is 1. The minimum absolute atomic E-state index is 0.765. The van der Waals surface area contributed by atoms with Crippen LogP contribution in [0.5, 0.6) is 0 Å². The number of benzene rings is 2. The third-order valence-electron chi connectivity index (χ3n) is 3.83. The van der Waals surface area contributed by atoms with Crippen molar-refractivity contribution in [2.45, 2.75) is 33.6 Å². The Morgan fingerprint density at radius 1 is 1.00 bits per heavy atom. The molecule has 0 fully saturated rings. The summed E-state index contributed by atoms with van der Waals surface area (Å²) in [5, 5.41) is 3.42. The Kier molecular flexibility index (Phi) is 5.04. The fraction of sp³-hybridized carbons (Fsp3) is 0.263. The van der Waals surface area contributed by atoms with E-state index in [1.807, 2.05) is 18.3 Å². The molecule has 21 heavy (non-hydrogen) atoms. The zero-order chi connectivity index (χ0) is 15.2. The first-order chi connectivity index (χ1) is 10.2. The van der Waals surface area contributed by atoms with Crippen molar-refractivity contribution in [3.05, 3.63) is 70.9 Å². The monoisotopic (exact) mass is 280 g/mol. The summed E-state index contributed by atoms with van der Waals surface area (Å²) >= 11 is 0. The topological polar surface area (TPSA) is 38.0 Å². The van der Waals surface area contributed by atoms with Gasteiger partial charge in [0.1, 0.15) is 0 Å². The van der Waals surface area contributed by atoms with Crippen LogP contribution in [-0.2, 0) is 12.8 Å². The lowest BCUT2D eigenvalue weighted by Crippen LogP contribution is -2.04. The summed E-state index contributed by atoms with van der Waals surface area (Å²) in [6.45, 7) is 6.43. The molecule has 3 N–H and O–H groups in total. The molecule has 2 aromatic carbocycles. The molecule has 0 aliphatic heterocycles. The van der Waals surface area contributed by atoms with Gasteiger partial charge in [-0.15, -0.1) is 0 Å². The van der Waals surface area contributed by atoms with Gasteiger partial charge in [0.15, 0.2) is 0 Å². The lowest BCUT2D eigenvalue weighted by molar-refractivity contribution is 1.09. The van der Waals surface area contributed by atoms with Gasteiger partial charge in [-0.25, -0.2) is 0 Å². The van der Waals surface area contributed by atoms with E-state index in [9.17, 15) is 0 Å². The molecule has 2 aromatic rings. The van der Waals surface area contributed by atoms with Crippen LogP contribution in [0.15, 0.2) is 48.7 Å². The van der Waals surface area contributed by atoms with Gasteiger partial charge in [-0.3, -0.25) is 0 Å². The van der Waals surface area contributed by atoms with Gasteiger partial charge in [-0.1, -0.05) is 56.3 Å². The van der Waals surface area contributed by atoms with Crippen LogP contribution in [-0.4, -0.2) is 0 Å². The second-order valence-electron chi connectivity index (χ2n) is 5.22. The quantitative estimate of drug-likeness (QED) is 0.847. The van der Waals surface area contributed by atoms with Crippen LogP contribution >= 0.6 is 0 Å². The highest BCUT2D eigenvalue weighted by atomic mass is 14.9. The standard InChI is InChI=1S/C19H24N2/c1-4-15-10-8-11-16(5-2)19(15)21-13-18(20)17-12-7-6-9-14(17)3/h6-13,21H,4-5,20H2,1-3H3/b18-13-. The molecule has 0 heterocycles. The largest absolute Gasteiger partial charge is 0.397 e. The molecule has 0 aromatic heterocycles. The highest BCUT2D eigenvalue weighted by molar-refractivity contribution is 5.69. The molecule has 0 amide bonds. The Morgan fingerprint density at radius 3 is 2.19 bits per heavy atom. The Hall–Kier alpha value is -2.22. The van der Waals surface area contributed by atoms with Gasteiger partial charge in [0.2, 0.25) is 0 Å². The van der Waals surface area contributed by atoms with Crippen LogP contribution in [0, 0.1) is 6.92 Å². The minimum Gasteiger partial charge on any atom is -0.397 e. The molecule has 0 unspecified atom stereocenters. The molecular weight excluding hydrogens is 256 g/mol. The number of para-hydroxylation sites is 1. The molecule has 0 aliphatic carbocycles. The molecule has 0 saturated carbocycles. The first-order valence-corrected chi connectivity index (χ1v) is 7.56. The van der Waals surface area contributed by atoms with Crippen LogP contribution in [0.25, 0.3) is 5.70 Å². The summed E-state index contributed by atoms with van der Waals surface area (Å²) in [6.07, 6.45) is 3.93. The molecule has 0 saturated heterocycles. The predicted octanol–water partition coefficient (Wildman–Crippen LogP) is 4.49. The molecule has 0 spiro atoms. The number of hydrogen-bond donors (Lipinski definition) is 2. The minimum atomic E-state index is 0.765. The molecule has 0 atom stereocenters. The maximum absolute atomic E-state index is 6.23. The highest BCUT2D eigenvalue weighted by Crippen LogP contribution is 2.23. The summed E-state index contributed by atoms with van der Waals surface area (Å²) in [7, 11) is 0. The molecule has 0 radical (unpaired) electrons. The van der Waals surface area contributed by atoms with E-state index in [-0.39, 0.29) is 0 Å². The number of nitrogens with one attached hydrogen (secondary N) is 1. The van der Waals surface area contributed by atoms with Gasteiger partial charge in [0.05, 0.1) is 5.70 Å². The molecule has 2 heteroatoms. The van der Waals surface area contributed by atoms with E-state index >= 15 is 0 Å². The van der Waals surface area contributed by atoms with Crippen molar-refractivity contribution >= 4 is 11.4 Å². The molecule has 110 valence electrons. The van der Waals surface area contributed by atoms with Gasteiger partial charge >= 0.3 is 0 Å². The van der Waals surface area contributed by atoms with E-state index in [0.29, 0.717) is 0 Å². The van der Waals surface area contributed by atoms with Crippen molar-refractivity contribution in [3.8, 4) is 0 Å². The third-order valence-corrected chi connectivity index (χ3v) is 3.83. The maximum Gasteiger partial charge on any atom is 0.0553 e. The van der Waals surface area contributed by atoms with Gasteiger partial charge in [-0.2, -0.15) is 0 Å². The first-order valence-electron chi connectivity index (χ1n) is 7.56. The smallest absolute Gasteiger partial charge is 0.0553 e.